The Morgan fingerprint density at radius 1 is 1.00 bits per heavy atom. The van der Waals surface area contributed by atoms with Crippen LogP contribution in [0.15, 0.2) is 48.0 Å². The Balaban J connectivity index is 1.23. The molecule has 0 saturated carbocycles. The second kappa shape index (κ2) is 12.3. The minimum atomic E-state index is -0.0532. The monoisotopic (exact) mass is 667 g/mol. The van der Waals surface area contributed by atoms with Crippen molar-refractivity contribution in [2.45, 2.75) is 55.1 Å². The fraction of sp³-hybridized carbons (Fsp3) is 0.517. The van der Waals surface area contributed by atoms with Gasteiger partial charge in [-0.2, -0.15) is 0 Å². The van der Waals surface area contributed by atoms with Gasteiger partial charge in [-0.1, -0.05) is 18.6 Å². The topological polar surface area (TPSA) is 30.9 Å². The quantitative estimate of drug-likeness (QED) is 0.218. The van der Waals surface area contributed by atoms with Crippen LogP contribution >= 0.6 is 52.0 Å². The predicted molar refractivity (Wildman–Crippen MR) is 168 cm³/mol. The molecule has 6 rings (SSSR count). The van der Waals surface area contributed by atoms with Crippen molar-refractivity contribution >= 4 is 57.6 Å². The highest BCUT2D eigenvalue weighted by atomic mass is 127. The number of benzene rings is 2. The molecule has 3 aliphatic heterocycles. The molecule has 0 amide bonds. The van der Waals surface area contributed by atoms with Gasteiger partial charge in [-0.25, -0.2) is 0 Å². The van der Waals surface area contributed by atoms with Gasteiger partial charge in [0, 0.05) is 18.2 Å². The molecule has 3 heterocycles. The van der Waals surface area contributed by atoms with Gasteiger partial charge in [-0.05, 0) is 126 Å². The molecule has 2 aromatic carbocycles. The molecular weight excluding hydrogens is 632 g/mol. The summed E-state index contributed by atoms with van der Waals surface area (Å²) in [5, 5.41) is 0. The number of allylic oxidation sites excluding steroid dienone is 1. The number of hydrogen-bond donors (Lipinski definition) is 0. The van der Waals surface area contributed by atoms with Crippen LogP contribution in [0.2, 0.25) is 0 Å². The molecule has 2 fully saturated rings. The summed E-state index contributed by atoms with van der Waals surface area (Å²) in [6, 6.07) is 15.1. The summed E-state index contributed by atoms with van der Waals surface area (Å²) in [7, 11) is 0. The first-order valence-electron chi connectivity index (χ1n) is 13.5. The summed E-state index contributed by atoms with van der Waals surface area (Å²) in [5.74, 6) is 5.34. The number of nitrogens with zero attached hydrogens (tertiary/aromatic N) is 1. The zero-order chi connectivity index (χ0) is 25.1. The largest absolute Gasteiger partial charge is 0.492 e. The second-order valence-electron chi connectivity index (χ2n) is 10.3. The van der Waals surface area contributed by atoms with Crippen LogP contribution in [0.3, 0.4) is 0 Å². The van der Waals surface area contributed by atoms with E-state index < -0.39 is 0 Å². The van der Waals surface area contributed by atoms with Crippen molar-refractivity contribution in [1.29, 1.82) is 0 Å². The molecule has 0 aromatic heterocycles. The van der Waals surface area contributed by atoms with Gasteiger partial charge < -0.3 is 14.0 Å². The molecule has 1 spiro atoms. The third-order valence-electron chi connectivity index (χ3n) is 7.93. The van der Waals surface area contributed by atoms with E-state index in [0.717, 1.165) is 43.2 Å². The Labute approximate surface area is 244 Å². The van der Waals surface area contributed by atoms with Gasteiger partial charge >= 0.3 is 0 Å². The van der Waals surface area contributed by atoms with Crippen LogP contribution in [0, 0.1) is 0 Å². The van der Waals surface area contributed by atoms with Crippen molar-refractivity contribution in [3.05, 3.63) is 59.2 Å². The average Bonchev–Trinajstić information content (AvgIpc) is 2.94. The highest BCUT2D eigenvalue weighted by Gasteiger charge is 2.43. The summed E-state index contributed by atoms with van der Waals surface area (Å²) in [4.78, 5) is 2.52. The van der Waals surface area contributed by atoms with E-state index in [9.17, 15) is 0 Å². The van der Waals surface area contributed by atoms with Crippen LogP contribution in [0.5, 0.6) is 17.2 Å². The fourth-order valence-electron chi connectivity index (χ4n) is 6.02. The molecule has 1 aliphatic carbocycles. The third kappa shape index (κ3) is 6.11. The van der Waals surface area contributed by atoms with E-state index in [1.54, 1.807) is 0 Å². The number of ether oxygens (including phenoxy) is 2. The van der Waals surface area contributed by atoms with E-state index in [1.807, 2.05) is 0 Å². The van der Waals surface area contributed by atoms with Gasteiger partial charge in [0.1, 0.15) is 36.4 Å². The average molecular weight is 668 g/mol. The van der Waals surface area contributed by atoms with Gasteiger partial charge in [0.2, 0.25) is 0 Å². The molecule has 1 unspecified atom stereocenters. The number of fused-ring (bicyclic) bond motifs is 2. The Bertz CT molecular complexity index is 1120. The third-order valence-corrected chi connectivity index (χ3v) is 12.3. The number of rotatable bonds is 7. The zero-order valence-corrected chi connectivity index (χ0v) is 26.0. The van der Waals surface area contributed by atoms with E-state index in [4.69, 9.17) is 14.0 Å². The molecule has 0 bridgehead atoms. The van der Waals surface area contributed by atoms with Crippen LogP contribution in [0.1, 0.15) is 62.2 Å². The van der Waals surface area contributed by atoms with E-state index in [0.29, 0.717) is 10.5 Å². The molecule has 4 aliphatic rings. The summed E-state index contributed by atoms with van der Waals surface area (Å²) in [6.07, 6.45) is 8.74. The number of likely N-dealkylation sites (tertiary alicyclic amines) is 1. The summed E-state index contributed by atoms with van der Waals surface area (Å²) in [6.45, 7) is 4.58. The number of thioether (sulfide) groups is 2. The highest BCUT2D eigenvalue weighted by molar-refractivity contribution is 14.2. The lowest BCUT2D eigenvalue weighted by Gasteiger charge is -2.44. The fourth-order valence-corrected chi connectivity index (χ4v) is 10.3. The van der Waals surface area contributed by atoms with E-state index >= 15 is 0 Å². The van der Waals surface area contributed by atoms with Crippen molar-refractivity contribution < 1.29 is 14.0 Å². The first kappa shape index (κ1) is 26.6. The van der Waals surface area contributed by atoms with Gasteiger partial charge in [-0.3, -0.25) is 4.90 Å². The predicted octanol–water partition coefficient (Wildman–Crippen LogP) is 8.51. The Kier molecular flexibility index (Phi) is 8.83. The normalized spacial score (nSPS) is 23.5. The minimum Gasteiger partial charge on any atom is -0.492 e. The Hall–Kier alpha value is -0.600. The first-order valence-corrected chi connectivity index (χ1v) is 19.5. The maximum atomic E-state index is 6.81. The van der Waals surface area contributed by atoms with E-state index in [1.165, 1.54) is 79.0 Å². The smallest absolute Gasteiger partial charge is 0.146 e. The van der Waals surface area contributed by atoms with Crippen molar-refractivity contribution in [2.75, 3.05) is 37.7 Å². The van der Waals surface area contributed by atoms with Gasteiger partial charge in [0.05, 0.1) is 4.08 Å². The lowest BCUT2D eigenvalue weighted by atomic mass is 9.80. The molecule has 8 heteroatoms. The molecule has 198 valence electrons. The van der Waals surface area contributed by atoms with E-state index in [-0.39, 0.29) is 6.10 Å². The summed E-state index contributed by atoms with van der Waals surface area (Å²) in [5.41, 5.74) is 5.44. The molecule has 0 N–H and O–H groups in total. The second-order valence-corrected chi connectivity index (χ2v) is 15.2. The Morgan fingerprint density at radius 2 is 1.78 bits per heavy atom. The molecule has 0 radical (unpaired) electrons. The van der Waals surface area contributed by atoms with Crippen LogP contribution in [-0.4, -0.2) is 46.7 Å². The van der Waals surface area contributed by atoms with Crippen molar-refractivity contribution in [1.82, 2.24) is 4.90 Å². The van der Waals surface area contributed by atoms with Gasteiger partial charge in [0.25, 0.3) is 0 Å². The van der Waals surface area contributed by atoms with Gasteiger partial charge in [0.15, 0.2) is 0 Å². The molecule has 2 aromatic rings. The maximum Gasteiger partial charge on any atom is 0.146 e. The number of hydrogen-bond acceptors (Lipinski definition) is 6. The first-order chi connectivity index (χ1) is 18.2. The van der Waals surface area contributed by atoms with Crippen molar-refractivity contribution in [3.8, 4) is 17.2 Å². The van der Waals surface area contributed by atoms with Crippen LogP contribution in [0.4, 0.5) is 0 Å². The van der Waals surface area contributed by atoms with Crippen molar-refractivity contribution in [3.63, 3.8) is 0 Å². The highest BCUT2D eigenvalue weighted by Crippen LogP contribution is 2.59. The van der Waals surface area contributed by atoms with Crippen LogP contribution in [-0.2, 0) is 0 Å². The zero-order valence-electron chi connectivity index (χ0n) is 21.2. The Morgan fingerprint density at radius 3 is 2.57 bits per heavy atom. The van der Waals surface area contributed by atoms with E-state index in [2.05, 4.69) is 92.9 Å². The molecule has 37 heavy (non-hydrogen) atoms. The van der Waals surface area contributed by atoms with Crippen molar-refractivity contribution in [2.24, 2.45) is 0 Å². The lowest BCUT2D eigenvalue weighted by Crippen LogP contribution is -2.33. The summed E-state index contributed by atoms with van der Waals surface area (Å²) >= 11 is 6.64. The standard InChI is InChI=1S/C29H35INO3PS2/c30-35-34-23-9-10-25-24-11-12-29(36-17-4-18-37-29)20-26(24)28(33-27(25)19-23)21-5-7-22(8-6-21)32-16-15-31-13-2-1-3-14-31/h5-10,19,28,35H,1-4,11-18,20H2/t28-/m0/s1. The van der Waals surface area contributed by atoms with Crippen LogP contribution in [0.25, 0.3) is 5.57 Å². The van der Waals surface area contributed by atoms with Crippen LogP contribution < -0.4 is 14.0 Å². The lowest BCUT2D eigenvalue weighted by molar-refractivity contribution is 0.183. The number of piperidine rings is 1. The molecule has 4 nitrogen and oxygen atoms in total. The minimum absolute atomic E-state index is 0.0532. The molecule has 2 saturated heterocycles. The number of halogens is 1. The summed E-state index contributed by atoms with van der Waals surface area (Å²) < 4.78 is 19.1. The molecule has 2 atom stereocenters. The molecular formula is C29H35INO3PS2. The van der Waals surface area contributed by atoms with Gasteiger partial charge in [-0.15, -0.1) is 23.5 Å². The SMILES string of the molecule is IPOc1ccc2c(c1)O[C@@H](c1ccc(OCCN3CCCCC3)cc1)C1=C2CCC2(C1)SCCCS2. The maximum absolute atomic E-state index is 6.81.